The summed E-state index contributed by atoms with van der Waals surface area (Å²) in [5.74, 6) is 0. The first-order valence-electron chi connectivity index (χ1n) is 22.9. The van der Waals surface area contributed by atoms with Gasteiger partial charge in [0.2, 0.25) is 0 Å². The third kappa shape index (κ3) is 6.47. The topological polar surface area (TPSA) is 8.17 Å². The molecule has 13 rings (SSSR count). The quantitative estimate of drug-likeness (QED) is 0.148. The Morgan fingerprint density at radius 3 is 1.54 bits per heavy atom. The summed E-state index contributed by atoms with van der Waals surface area (Å²) in [7, 11) is 0. The Bertz CT molecular complexity index is 3990. The normalized spacial score (nSPS) is 11.6. The maximum Gasteiger partial charge on any atom is 0.0541 e. The van der Waals surface area contributed by atoms with Crippen molar-refractivity contribution in [1.82, 2.24) is 4.57 Å². The molecule has 0 aliphatic rings. The van der Waals surface area contributed by atoms with Gasteiger partial charge < -0.3 is 9.47 Å². The summed E-state index contributed by atoms with van der Waals surface area (Å²) < 4.78 is 4.97. The number of para-hydroxylation sites is 5. The van der Waals surface area contributed by atoms with Crippen LogP contribution in [0, 0.1) is 0 Å². The number of aromatic nitrogens is 1. The van der Waals surface area contributed by atoms with E-state index < -0.39 is 0 Å². The summed E-state index contributed by atoms with van der Waals surface area (Å²) in [4.78, 5) is 2.54. The van der Waals surface area contributed by atoms with Crippen LogP contribution in [0.1, 0.15) is 0 Å². The van der Waals surface area contributed by atoms with E-state index in [0.717, 1.165) is 39.4 Å². The van der Waals surface area contributed by atoms with Crippen LogP contribution in [0.5, 0.6) is 0 Å². The molecule has 3 heteroatoms. The van der Waals surface area contributed by atoms with E-state index in [2.05, 4.69) is 264 Å². The minimum absolute atomic E-state index is 1.10. The SMILES string of the molecule is c1ccc(-c2cccc3cccc(-c4ccccc4N(c4ccccc4-c4ccc5c(c4)c4ccccc4n5-c4ccccc4)c4ccccc4-c4cccc5sc6ccccc6c45)c23)cc1. The lowest BCUT2D eigenvalue weighted by atomic mass is 9.90. The zero-order valence-corrected chi connectivity index (χ0v) is 37.4. The molecule has 67 heavy (non-hydrogen) atoms. The molecule has 0 atom stereocenters. The van der Waals surface area contributed by atoms with Gasteiger partial charge in [0.1, 0.15) is 0 Å². The highest BCUT2D eigenvalue weighted by molar-refractivity contribution is 7.25. The van der Waals surface area contributed by atoms with Gasteiger partial charge in [0.15, 0.2) is 0 Å². The third-order valence-corrected chi connectivity index (χ3v) is 14.5. The molecule has 2 nitrogen and oxygen atoms in total. The smallest absolute Gasteiger partial charge is 0.0541 e. The van der Waals surface area contributed by atoms with Crippen molar-refractivity contribution in [2.24, 2.45) is 0 Å². The average molecular weight is 871 g/mol. The third-order valence-electron chi connectivity index (χ3n) is 13.4. The molecule has 2 heterocycles. The van der Waals surface area contributed by atoms with Gasteiger partial charge in [-0.05, 0) is 99.3 Å². The van der Waals surface area contributed by atoms with E-state index in [1.54, 1.807) is 0 Å². The number of hydrogen-bond acceptors (Lipinski definition) is 2. The summed E-state index contributed by atoms with van der Waals surface area (Å²) >= 11 is 1.86. The number of fused-ring (bicyclic) bond motifs is 7. The molecule has 0 bridgehead atoms. The van der Waals surface area contributed by atoms with Crippen LogP contribution < -0.4 is 4.90 Å². The van der Waals surface area contributed by atoms with Gasteiger partial charge in [0.25, 0.3) is 0 Å². The van der Waals surface area contributed by atoms with Crippen LogP contribution in [-0.4, -0.2) is 4.57 Å². The summed E-state index contributed by atoms with van der Waals surface area (Å²) in [6, 6.07) is 93.4. The van der Waals surface area contributed by atoms with Gasteiger partial charge in [-0.3, -0.25) is 0 Å². The van der Waals surface area contributed by atoms with Gasteiger partial charge in [-0.25, -0.2) is 0 Å². The second-order valence-corrected chi connectivity index (χ2v) is 18.2. The van der Waals surface area contributed by atoms with Gasteiger partial charge in [0, 0.05) is 53.3 Å². The van der Waals surface area contributed by atoms with Crippen LogP contribution in [0.3, 0.4) is 0 Å². The Morgan fingerprint density at radius 1 is 0.299 bits per heavy atom. The molecule has 0 fully saturated rings. The molecule has 2 aromatic heterocycles. The predicted octanol–water partition coefficient (Wildman–Crippen LogP) is 18.4. The van der Waals surface area contributed by atoms with Crippen molar-refractivity contribution in [2.45, 2.75) is 0 Å². The predicted molar refractivity (Wildman–Crippen MR) is 288 cm³/mol. The Labute approximate surface area is 393 Å². The first-order chi connectivity index (χ1) is 33.3. The highest BCUT2D eigenvalue weighted by atomic mass is 32.1. The summed E-state index contributed by atoms with van der Waals surface area (Å²) in [5, 5.41) is 7.47. The fraction of sp³-hybridized carbons (Fsp3) is 0. The first-order valence-corrected chi connectivity index (χ1v) is 23.7. The van der Waals surface area contributed by atoms with Gasteiger partial charge >= 0.3 is 0 Å². The van der Waals surface area contributed by atoms with Crippen molar-refractivity contribution in [2.75, 3.05) is 4.90 Å². The monoisotopic (exact) mass is 870 g/mol. The van der Waals surface area contributed by atoms with E-state index in [1.165, 1.54) is 80.6 Å². The van der Waals surface area contributed by atoms with E-state index in [-0.39, 0.29) is 0 Å². The molecule has 0 radical (unpaired) electrons. The van der Waals surface area contributed by atoms with Gasteiger partial charge in [-0.15, -0.1) is 11.3 Å². The lowest BCUT2D eigenvalue weighted by molar-refractivity contribution is 1.18. The van der Waals surface area contributed by atoms with Crippen molar-refractivity contribution in [3.8, 4) is 50.2 Å². The van der Waals surface area contributed by atoms with E-state index in [9.17, 15) is 0 Å². The number of rotatable bonds is 8. The van der Waals surface area contributed by atoms with Crippen LogP contribution in [0.4, 0.5) is 17.1 Å². The number of nitrogens with zero attached hydrogens (tertiary/aromatic N) is 2. The Hall–Kier alpha value is -8.50. The highest BCUT2D eigenvalue weighted by Crippen LogP contribution is 2.51. The number of anilines is 3. The Balaban J connectivity index is 1.09. The molecule has 0 aliphatic heterocycles. The number of thiophene rings is 1. The largest absolute Gasteiger partial charge is 0.309 e. The van der Waals surface area contributed by atoms with Gasteiger partial charge in [-0.1, -0.05) is 194 Å². The van der Waals surface area contributed by atoms with Crippen LogP contribution in [0.25, 0.3) is 103 Å². The number of benzene rings is 11. The molecule has 13 aromatic rings. The maximum atomic E-state index is 2.54. The van der Waals surface area contributed by atoms with Crippen LogP contribution in [0.2, 0.25) is 0 Å². The van der Waals surface area contributed by atoms with Gasteiger partial charge in [0.05, 0.1) is 28.1 Å². The van der Waals surface area contributed by atoms with E-state index in [0.29, 0.717) is 0 Å². The van der Waals surface area contributed by atoms with Crippen molar-refractivity contribution in [1.29, 1.82) is 0 Å². The molecular weight excluding hydrogens is 829 g/mol. The fourth-order valence-electron chi connectivity index (χ4n) is 10.5. The molecule has 0 N–H and O–H groups in total. The second-order valence-electron chi connectivity index (χ2n) is 17.2. The molecule has 0 saturated heterocycles. The minimum Gasteiger partial charge on any atom is -0.309 e. The van der Waals surface area contributed by atoms with Crippen molar-refractivity contribution in [3.05, 3.63) is 255 Å². The van der Waals surface area contributed by atoms with Crippen molar-refractivity contribution in [3.63, 3.8) is 0 Å². The first kappa shape index (κ1) is 38.9. The zero-order chi connectivity index (χ0) is 44.3. The molecule has 11 aromatic carbocycles. The lowest BCUT2D eigenvalue weighted by Gasteiger charge is -2.32. The van der Waals surface area contributed by atoms with E-state index >= 15 is 0 Å². The Kier molecular flexibility index (Phi) is 9.40. The lowest BCUT2D eigenvalue weighted by Crippen LogP contribution is -2.13. The number of hydrogen-bond donors (Lipinski definition) is 0. The van der Waals surface area contributed by atoms with Crippen molar-refractivity contribution >= 4 is 81.1 Å². The summed E-state index contributed by atoms with van der Waals surface area (Å²) in [6.45, 7) is 0. The van der Waals surface area contributed by atoms with Crippen LogP contribution in [-0.2, 0) is 0 Å². The Morgan fingerprint density at radius 2 is 0.806 bits per heavy atom. The average Bonchev–Trinajstić information content (AvgIpc) is 3.95. The maximum absolute atomic E-state index is 2.54. The molecule has 0 saturated carbocycles. The summed E-state index contributed by atoms with van der Waals surface area (Å²) in [5.41, 5.74) is 16.3. The van der Waals surface area contributed by atoms with Crippen LogP contribution >= 0.6 is 11.3 Å². The molecule has 314 valence electrons. The fourth-order valence-corrected chi connectivity index (χ4v) is 11.6. The molecule has 0 spiro atoms. The van der Waals surface area contributed by atoms with E-state index in [1.807, 2.05) is 11.3 Å². The van der Waals surface area contributed by atoms with Crippen LogP contribution in [0.15, 0.2) is 255 Å². The molecule has 0 aliphatic carbocycles. The summed E-state index contributed by atoms with van der Waals surface area (Å²) in [6.07, 6.45) is 0. The van der Waals surface area contributed by atoms with E-state index in [4.69, 9.17) is 0 Å². The standard InChI is InChI=1S/C64H42N2S/c1-3-20-43(21-4-1)48-31-17-22-44-23-18-32-52(63(44)48)49-27-8-14-36-58(49)66(59-37-15-9-28-50(59)53-33-19-39-62-64(53)54-30-11-16-38-61(54)67-62)56-34-12-7-26-47(56)45-40-41-60-55(42-45)51-29-10-13-35-57(51)65(60)46-24-5-2-6-25-46/h1-42H. The van der Waals surface area contributed by atoms with Gasteiger partial charge in [-0.2, -0.15) is 0 Å². The second kappa shape index (κ2) is 16.2. The highest BCUT2D eigenvalue weighted by Gasteiger charge is 2.26. The molecular formula is C64H42N2S. The zero-order valence-electron chi connectivity index (χ0n) is 36.6. The molecule has 0 unspecified atom stereocenters. The van der Waals surface area contributed by atoms with Crippen molar-refractivity contribution < 1.29 is 0 Å². The minimum atomic E-state index is 1.10. The molecule has 0 amide bonds.